The molecule has 2 rings (SSSR count). The Morgan fingerprint density at radius 3 is 2.44 bits per heavy atom. The first kappa shape index (κ1) is 20.5. The van der Waals surface area contributed by atoms with Crippen molar-refractivity contribution in [3.63, 3.8) is 0 Å². The molecule has 27 heavy (non-hydrogen) atoms. The molecule has 148 valence electrons. The van der Waals surface area contributed by atoms with Gasteiger partial charge in [0.25, 0.3) is 0 Å². The molecule has 1 N–H and O–H groups in total. The zero-order valence-electron chi connectivity index (χ0n) is 17.0. The highest BCUT2D eigenvalue weighted by Gasteiger charge is 2.24. The molecular formula is C19H28N4O4. The van der Waals surface area contributed by atoms with Gasteiger partial charge in [0.15, 0.2) is 11.5 Å². The average molecular weight is 376 g/mol. The smallest absolute Gasteiger partial charge is 0.318 e. The van der Waals surface area contributed by atoms with Crippen LogP contribution in [0, 0.1) is 0 Å². The Labute approximate surface area is 159 Å². The van der Waals surface area contributed by atoms with Crippen molar-refractivity contribution in [3.05, 3.63) is 24.1 Å². The number of ether oxygens (including phenoxy) is 2. The van der Waals surface area contributed by atoms with Crippen molar-refractivity contribution in [1.82, 2.24) is 20.4 Å². The third-order valence-electron chi connectivity index (χ3n) is 3.78. The third-order valence-corrected chi connectivity index (χ3v) is 3.78. The minimum atomic E-state index is -0.329. The Hall–Kier alpha value is -2.77. The van der Waals surface area contributed by atoms with Crippen molar-refractivity contribution < 1.29 is 18.8 Å². The van der Waals surface area contributed by atoms with Crippen molar-refractivity contribution in [2.24, 2.45) is 0 Å². The second-order valence-electron chi connectivity index (χ2n) is 7.48. The van der Waals surface area contributed by atoms with Crippen molar-refractivity contribution in [2.45, 2.75) is 52.7 Å². The van der Waals surface area contributed by atoms with Crippen LogP contribution in [0.25, 0.3) is 11.4 Å². The van der Waals surface area contributed by atoms with Gasteiger partial charge >= 0.3 is 6.03 Å². The molecule has 0 aliphatic rings. The number of nitrogens with zero attached hydrogens (tertiary/aromatic N) is 3. The van der Waals surface area contributed by atoms with E-state index in [0.717, 1.165) is 5.56 Å². The third kappa shape index (κ3) is 5.35. The Kier molecular flexibility index (Phi) is 6.30. The summed E-state index contributed by atoms with van der Waals surface area (Å²) >= 11 is 0. The van der Waals surface area contributed by atoms with Gasteiger partial charge in [-0.15, -0.1) is 0 Å². The predicted octanol–water partition coefficient (Wildman–Crippen LogP) is 3.47. The van der Waals surface area contributed by atoms with Crippen molar-refractivity contribution in [3.8, 4) is 22.9 Å². The fraction of sp³-hybridized carbons (Fsp3) is 0.526. The number of aromatic nitrogens is 2. The molecule has 0 saturated heterocycles. The highest BCUT2D eigenvalue weighted by Crippen LogP contribution is 2.31. The first-order valence-electron chi connectivity index (χ1n) is 8.78. The summed E-state index contributed by atoms with van der Waals surface area (Å²) in [6.45, 7) is 9.91. The number of amides is 2. The molecule has 2 aromatic rings. The zero-order chi connectivity index (χ0) is 20.2. The quantitative estimate of drug-likeness (QED) is 0.830. The molecule has 0 aliphatic heterocycles. The Morgan fingerprint density at radius 1 is 1.22 bits per heavy atom. The number of benzene rings is 1. The van der Waals surface area contributed by atoms with Gasteiger partial charge in [0, 0.05) is 17.1 Å². The molecular weight excluding hydrogens is 348 g/mol. The Balaban J connectivity index is 2.20. The predicted molar refractivity (Wildman–Crippen MR) is 102 cm³/mol. The summed E-state index contributed by atoms with van der Waals surface area (Å²) in [4.78, 5) is 18.6. The number of hydrogen-bond acceptors (Lipinski definition) is 6. The lowest BCUT2D eigenvalue weighted by Gasteiger charge is -2.30. The first-order valence-corrected chi connectivity index (χ1v) is 8.78. The molecule has 1 aromatic carbocycles. The van der Waals surface area contributed by atoms with E-state index in [4.69, 9.17) is 14.0 Å². The Morgan fingerprint density at radius 2 is 1.89 bits per heavy atom. The number of rotatable bonds is 6. The molecule has 0 atom stereocenters. The maximum Gasteiger partial charge on any atom is 0.318 e. The second-order valence-corrected chi connectivity index (χ2v) is 7.48. The van der Waals surface area contributed by atoms with E-state index in [1.165, 1.54) is 0 Å². The second kappa shape index (κ2) is 8.28. The molecule has 0 fully saturated rings. The largest absolute Gasteiger partial charge is 0.493 e. The summed E-state index contributed by atoms with van der Waals surface area (Å²) < 4.78 is 15.9. The van der Waals surface area contributed by atoms with Crippen LogP contribution in [-0.4, -0.2) is 46.9 Å². The zero-order valence-corrected chi connectivity index (χ0v) is 17.0. The van der Waals surface area contributed by atoms with Crippen molar-refractivity contribution in [1.29, 1.82) is 0 Å². The van der Waals surface area contributed by atoms with Crippen LogP contribution in [-0.2, 0) is 6.54 Å². The first-order chi connectivity index (χ1) is 12.6. The standard InChI is InChI=1S/C19H28N4O4/c1-12(2)23(18(24)21-19(3,4)5)11-16-20-17(22-27-16)13-8-9-14(25-6)15(10-13)26-7/h8-10,12H,11H2,1-7H3,(H,21,24). The van der Waals surface area contributed by atoms with Crippen LogP contribution in [0.15, 0.2) is 22.7 Å². The van der Waals surface area contributed by atoms with Crippen LogP contribution in [0.1, 0.15) is 40.5 Å². The van der Waals surface area contributed by atoms with Gasteiger partial charge in [-0.2, -0.15) is 4.98 Å². The van der Waals surface area contributed by atoms with Crippen LogP contribution >= 0.6 is 0 Å². The van der Waals surface area contributed by atoms with Crippen LogP contribution in [0.5, 0.6) is 11.5 Å². The van der Waals surface area contributed by atoms with Gasteiger partial charge < -0.3 is 24.2 Å². The summed E-state index contributed by atoms with van der Waals surface area (Å²) in [5.74, 6) is 1.98. The van der Waals surface area contributed by atoms with Gasteiger partial charge in [-0.3, -0.25) is 0 Å². The number of carbonyl (C=O) groups is 1. The summed E-state index contributed by atoms with van der Waals surface area (Å²) in [6.07, 6.45) is 0. The summed E-state index contributed by atoms with van der Waals surface area (Å²) in [5, 5.41) is 6.98. The minimum absolute atomic E-state index is 0.0243. The van der Waals surface area contributed by atoms with Gasteiger partial charge in [0.1, 0.15) is 6.54 Å². The molecule has 2 amide bonds. The van der Waals surface area contributed by atoms with Crippen LogP contribution in [0.4, 0.5) is 4.79 Å². The molecule has 0 unspecified atom stereocenters. The van der Waals surface area contributed by atoms with E-state index in [-0.39, 0.29) is 24.2 Å². The number of urea groups is 1. The van der Waals surface area contributed by atoms with E-state index < -0.39 is 0 Å². The van der Waals surface area contributed by atoms with Crippen molar-refractivity contribution in [2.75, 3.05) is 14.2 Å². The van der Waals surface area contributed by atoms with E-state index in [1.54, 1.807) is 31.3 Å². The van der Waals surface area contributed by atoms with Crippen molar-refractivity contribution >= 4 is 6.03 Å². The molecule has 1 heterocycles. The maximum absolute atomic E-state index is 12.5. The SMILES string of the molecule is COc1ccc(-c2noc(CN(C(=O)NC(C)(C)C)C(C)C)n2)cc1OC. The van der Waals surface area contributed by atoms with Gasteiger partial charge in [0.05, 0.1) is 14.2 Å². The topological polar surface area (TPSA) is 89.7 Å². The fourth-order valence-electron chi connectivity index (χ4n) is 2.44. The molecule has 1 aromatic heterocycles. The minimum Gasteiger partial charge on any atom is -0.493 e. The van der Waals surface area contributed by atoms with Gasteiger partial charge in [0.2, 0.25) is 11.7 Å². The fourth-order valence-corrected chi connectivity index (χ4v) is 2.44. The number of carbonyl (C=O) groups excluding carboxylic acids is 1. The molecule has 8 heteroatoms. The molecule has 8 nitrogen and oxygen atoms in total. The molecule has 0 aliphatic carbocycles. The van der Waals surface area contributed by atoms with E-state index in [0.29, 0.717) is 23.2 Å². The summed E-state index contributed by atoms with van der Waals surface area (Å²) in [5.41, 5.74) is 0.405. The Bertz CT molecular complexity index is 780. The average Bonchev–Trinajstić information content (AvgIpc) is 3.05. The van der Waals surface area contributed by atoms with Gasteiger partial charge in [-0.25, -0.2) is 4.79 Å². The lowest BCUT2D eigenvalue weighted by molar-refractivity contribution is 0.161. The number of hydrogen-bond donors (Lipinski definition) is 1. The number of nitrogens with one attached hydrogen (secondary N) is 1. The summed E-state index contributed by atoms with van der Waals surface area (Å²) in [6, 6.07) is 5.18. The summed E-state index contributed by atoms with van der Waals surface area (Å²) in [7, 11) is 3.14. The maximum atomic E-state index is 12.5. The highest BCUT2D eigenvalue weighted by atomic mass is 16.5. The lowest BCUT2D eigenvalue weighted by Crippen LogP contribution is -2.50. The monoisotopic (exact) mass is 376 g/mol. The molecule has 0 spiro atoms. The number of methoxy groups -OCH3 is 2. The van der Waals surface area contributed by atoms with E-state index in [1.807, 2.05) is 40.7 Å². The van der Waals surface area contributed by atoms with E-state index >= 15 is 0 Å². The molecule has 0 radical (unpaired) electrons. The molecule has 0 bridgehead atoms. The highest BCUT2D eigenvalue weighted by molar-refractivity contribution is 5.75. The van der Waals surface area contributed by atoms with Crippen LogP contribution in [0.2, 0.25) is 0 Å². The van der Waals surface area contributed by atoms with E-state index in [9.17, 15) is 4.79 Å². The van der Waals surface area contributed by atoms with Gasteiger partial charge in [-0.05, 0) is 52.8 Å². The van der Waals surface area contributed by atoms with Gasteiger partial charge in [-0.1, -0.05) is 5.16 Å². The normalized spacial score (nSPS) is 11.4. The molecule has 0 saturated carbocycles. The van der Waals surface area contributed by atoms with Crippen LogP contribution in [0.3, 0.4) is 0 Å². The van der Waals surface area contributed by atoms with Crippen LogP contribution < -0.4 is 14.8 Å². The van der Waals surface area contributed by atoms with E-state index in [2.05, 4.69) is 15.5 Å². The lowest BCUT2D eigenvalue weighted by atomic mass is 10.1.